The molecule has 0 spiro atoms. The van der Waals surface area contributed by atoms with Crippen LogP contribution in [0.15, 0.2) is 36.8 Å². The Bertz CT molecular complexity index is 1010. The Labute approximate surface area is 166 Å². The Morgan fingerprint density at radius 1 is 1.14 bits per heavy atom. The van der Waals surface area contributed by atoms with E-state index in [0.717, 1.165) is 36.8 Å². The van der Waals surface area contributed by atoms with Crippen LogP contribution in [0.5, 0.6) is 0 Å². The van der Waals surface area contributed by atoms with E-state index in [0.29, 0.717) is 24.0 Å². The summed E-state index contributed by atoms with van der Waals surface area (Å²) >= 11 is 0. The molecule has 0 radical (unpaired) electrons. The van der Waals surface area contributed by atoms with Gasteiger partial charge in [0.05, 0.1) is 22.8 Å². The molecule has 1 fully saturated rings. The smallest absolute Gasteiger partial charge is 0.277 e. The van der Waals surface area contributed by atoms with Crippen molar-refractivity contribution in [3.05, 3.63) is 47.9 Å². The lowest BCUT2D eigenvalue weighted by molar-refractivity contribution is 0.0705. The van der Waals surface area contributed by atoms with Gasteiger partial charge in [0.1, 0.15) is 0 Å². The van der Waals surface area contributed by atoms with Gasteiger partial charge in [-0.2, -0.15) is 5.10 Å². The Kier molecular flexibility index (Phi) is 5.34. The van der Waals surface area contributed by atoms with Crippen LogP contribution in [0.4, 0.5) is 5.95 Å². The molecule has 4 N–H and O–H groups in total. The summed E-state index contributed by atoms with van der Waals surface area (Å²) in [6.45, 7) is 2.14. The summed E-state index contributed by atoms with van der Waals surface area (Å²) in [5.74, 6) is 0.170. The van der Waals surface area contributed by atoms with E-state index in [1.54, 1.807) is 17.7 Å². The molecule has 2 amide bonds. The van der Waals surface area contributed by atoms with E-state index in [1.807, 2.05) is 17.0 Å². The summed E-state index contributed by atoms with van der Waals surface area (Å²) in [6.07, 6.45) is 6.27. The second-order valence-corrected chi connectivity index (χ2v) is 6.99. The molecule has 2 aromatic heterocycles. The zero-order valence-corrected chi connectivity index (χ0v) is 15.6. The number of fused-ring (bicyclic) bond motifs is 1. The molecular formula is C19H21N7O3. The molecule has 29 heavy (non-hydrogen) atoms. The van der Waals surface area contributed by atoms with Gasteiger partial charge in [0, 0.05) is 37.4 Å². The van der Waals surface area contributed by atoms with Gasteiger partial charge in [-0.15, -0.1) is 0 Å². The lowest BCUT2D eigenvalue weighted by Crippen LogP contribution is -2.39. The van der Waals surface area contributed by atoms with Gasteiger partial charge >= 0.3 is 0 Å². The number of aromatic amines is 1. The van der Waals surface area contributed by atoms with Crippen LogP contribution in [-0.2, 0) is 0 Å². The van der Waals surface area contributed by atoms with E-state index in [4.69, 9.17) is 5.21 Å². The highest BCUT2D eigenvalue weighted by molar-refractivity contribution is 6.05. The molecule has 1 aliphatic rings. The van der Waals surface area contributed by atoms with Crippen LogP contribution in [-0.4, -0.2) is 56.8 Å². The molecule has 1 aromatic carbocycles. The van der Waals surface area contributed by atoms with Gasteiger partial charge in [0.25, 0.3) is 11.8 Å². The summed E-state index contributed by atoms with van der Waals surface area (Å²) in [5.41, 5.74) is 3.09. The molecule has 3 aromatic rings. The Hall–Kier alpha value is -3.53. The fourth-order valence-corrected chi connectivity index (χ4v) is 3.49. The van der Waals surface area contributed by atoms with E-state index in [-0.39, 0.29) is 11.5 Å². The van der Waals surface area contributed by atoms with E-state index in [1.165, 1.54) is 12.4 Å². The number of para-hydroxylation sites is 1. The van der Waals surface area contributed by atoms with Crippen molar-refractivity contribution in [1.82, 2.24) is 31.0 Å². The number of hydrogen-bond donors (Lipinski definition) is 4. The number of hydroxylamine groups is 1. The van der Waals surface area contributed by atoms with Crippen LogP contribution < -0.4 is 15.7 Å². The molecule has 150 valence electrons. The third kappa shape index (κ3) is 4.02. The number of anilines is 1. The fraction of sp³-hybridized carbons (Fsp3) is 0.316. The number of nitrogens with one attached hydrogen (secondary N) is 3. The van der Waals surface area contributed by atoms with Crippen LogP contribution in [0.1, 0.15) is 33.6 Å². The maximum absolute atomic E-state index is 12.6. The largest absolute Gasteiger partial charge is 0.352 e. The molecule has 0 bridgehead atoms. The van der Waals surface area contributed by atoms with Gasteiger partial charge in [-0.25, -0.2) is 15.4 Å². The van der Waals surface area contributed by atoms with E-state index in [9.17, 15) is 9.59 Å². The Balaban J connectivity index is 1.29. The molecule has 0 atom stereocenters. The summed E-state index contributed by atoms with van der Waals surface area (Å²) in [4.78, 5) is 34.3. The van der Waals surface area contributed by atoms with Crippen LogP contribution in [0.2, 0.25) is 0 Å². The molecular weight excluding hydrogens is 374 g/mol. The quantitative estimate of drug-likeness (QED) is 0.375. The van der Waals surface area contributed by atoms with Gasteiger partial charge in [-0.1, -0.05) is 12.1 Å². The summed E-state index contributed by atoms with van der Waals surface area (Å²) in [7, 11) is 0. The van der Waals surface area contributed by atoms with Gasteiger partial charge < -0.3 is 10.2 Å². The first-order chi connectivity index (χ1) is 14.2. The maximum atomic E-state index is 12.6. The highest BCUT2D eigenvalue weighted by atomic mass is 16.5. The maximum Gasteiger partial charge on any atom is 0.277 e. The first kappa shape index (κ1) is 18.8. The predicted octanol–water partition coefficient (Wildman–Crippen LogP) is 1.12. The highest BCUT2D eigenvalue weighted by Gasteiger charge is 2.22. The molecule has 10 nitrogen and oxygen atoms in total. The number of H-pyrrole nitrogens is 1. The zero-order valence-electron chi connectivity index (χ0n) is 15.6. The fourth-order valence-electron chi connectivity index (χ4n) is 3.49. The molecule has 10 heteroatoms. The number of hydrogen-bond acceptors (Lipinski definition) is 7. The topological polar surface area (TPSA) is 136 Å². The number of carbonyl (C=O) groups is 2. The minimum Gasteiger partial charge on any atom is -0.352 e. The summed E-state index contributed by atoms with van der Waals surface area (Å²) < 4.78 is 0. The van der Waals surface area contributed by atoms with E-state index < -0.39 is 5.91 Å². The van der Waals surface area contributed by atoms with E-state index in [2.05, 4.69) is 25.5 Å². The van der Waals surface area contributed by atoms with Crippen molar-refractivity contribution in [2.24, 2.45) is 5.92 Å². The van der Waals surface area contributed by atoms with Crippen molar-refractivity contribution in [2.75, 3.05) is 24.5 Å². The molecule has 1 saturated heterocycles. The lowest BCUT2D eigenvalue weighted by atomic mass is 9.97. The van der Waals surface area contributed by atoms with Crippen molar-refractivity contribution >= 4 is 28.7 Å². The molecule has 4 rings (SSSR count). The van der Waals surface area contributed by atoms with Gasteiger partial charge in [0.15, 0.2) is 0 Å². The summed E-state index contributed by atoms with van der Waals surface area (Å²) in [6, 6.07) is 5.55. The number of nitrogens with zero attached hydrogens (tertiary/aromatic N) is 4. The predicted molar refractivity (Wildman–Crippen MR) is 105 cm³/mol. The van der Waals surface area contributed by atoms with Gasteiger partial charge in [-0.05, 0) is 24.8 Å². The average molecular weight is 395 g/mol. The number of amides is 2. The second-order valence-electron chi connectivity index (χ2n) is 6.99. The van der Waals surface area contributed by atoms with Crippen LogP contribution in [0.25, 0.3) is 10.9 Å². The van der Waals surface area contributed by atoms with Crippen molar-refractivity contribution in [3.63, 3.8) is 0 Å². The molecule has 1 aliphatic heterocycles. The average Bonchev–Trinajstić information content (AvgIpc) is 3.26. The number of piperidine rings is 1. The number of carbonyl (C=O) groups excluding carboxylic acids is 2. The lowest BCUT2D eigenvalue weighted by Gasteiger charge is -2.32. The monoisotopic (exact) mass is 395 g/mol. The third-order valence-electron chi connectivity index (χ3n) is 5.17. The molecule has 0 saturated carbocycles. The number of benzene rings is 1. The normalized spacial score (nSPS) is 14.7. The number of rotatable bonds is 5. The standard InChI is InChI=1S/C19H21N7O3/c27-17(25-29)14-9-21-19(22-10-14)26-6-4-12(5-7-26)8-20-18(28)15-3-1-2-13-11-23-24-16(13)15/h1-3,9-12,29H,4-8H2,(H,20,28)(H,23,24)(H,25,27). The molecule has 0 unspecified atom stereocenters. The Morgan fingerprint density at radius 3 is 2.62 bits per heavy atom. The Morgan fingerprint density at radius 2 is 1.90 bits per heavy atom. The molecule has 3 heterocycles. The SMILES string of the molecule is O=C(NO)c1cnc(N2CCC(CNC(=O)c3cccc4cn[nH]c34)CC2)nc1. The van der Waals surface area contributed by atoms with Crippen LogP contribution in [0.3, 0.4) is 0 Å². The first-order valence-corrected chi connectivity index (χ1v) is 9.37. The zero-order chi connectivity index (χ0) is 20.2. The highest BCUT2D eigenvalue weighted by Crippen LogP contribution is 2.21. The minimum atomic E-state index is -0.642. The summed E-state index contributed by atoms with van der Waals surface area (Å²) in [5, 5.41) is 19.4. The van der Waals surface area contributed by atoms with Crippen LogP contribution >= 0.6 is 0 Å². The van der Waals surface area contributed by atoms with E-state index >= 15 is 0 Å². The van der Waals surface area contributed by atoms with Gasteiger partial charge in [-0.3, -0.25) is 19.9 Å². The van der Waals surface area contributed by atoms with Crippen molar-refractivity contribution in [3.8, 4) is 0 Å². The second kappa shape index (κ2) is 8.23. The van der Waals surface area contributed by atoms with Gasteiger partial charge in [0.2, 0.25) is 5.95 Å². The molecule has 0 aliphatic carbocycles. The van der Waals surface area contributed by atoms with Crippen molar-refractivity contribution in [1.29, 1.82) is 0 Å². The van der Waals surface area contributed by atoms with Crippen molar-refractivity contribution < 1.29 is 14.8 Å². The number of aromatic nitrogens is 4. The van der Waals surface area contributed by atoms with Crippen molar-refractivity contribution in [2.45, 2.75) is 12.8 Å². The minimum absolute atomic E-state index is 0.108. The van der Waals surface area contributed by atoms with Crippen LogP contribution in [0, 0.1) is 5.92 Å². The first-order valence-electron chi connectivity index (χ1n) is 9.37. The third-order valence-corrected chi connectivity index (χ3v) is 5.17.